The van der Waals surface area contributed by atoms with E-state index in [1.54, 1.807) is 7.11 Å². The highest BCUT2D eigenvalue weighted by Crippen LogP contribution is 2.39. The first-order chi connectivity index (χ1) is 15.0. The summed E-state index contributed by atoms with van der Waals surface area (Å²) in [5.74, 6) is 0.752. The molecule has 0 aliphatic carbocycles. The molecule has 2 N–H and O–H groups in total. The number of carbonyl (C=O) groups excluding carboxylic acids is 1. The number of benzene rings is 3. The lowest BCUT2D eigenvalue weighted by Gasteiger charge is -2.26. The first-order valence-corrected chi connectivity index (χ1v) is 10.1. The Bertz CT molecular complexity index is 1090. The lowest BCUT2D eigenvalue weighted by Crippen LogP contribution is -2.30. The van der Waals surface area contributed by atoms with Crippen molar-refractivity contribution >= 4 is 17.6 Å². The first-order valence-electron chi connectivity index (χ1n) is 10.1. The van der Waals surface area contributed by atoms with Crippen molar-refractivity contribution < 1.29 is 24.2 Å². The molecule has 0 bridgehead atoms. The second kappa shape index (κ2) is 8.92. The summed E-state index contributed by atoms with van der Waals surface area (Å²) >= 11 is 0. The van der Waals surface area contributed by atoms with Crippen molar-refractivity contribution in [3.63, 3.8) is 0 Å². The van der Waals surface area contributed by atoms with Gasteiger partial charge in [-0.15, -0.1) is 0 Å². The molecule has 1 atom stereocenters. The summed E-state index contributed by atoms with van der Waals surface area (Å²) in [7, 11) is 1.60. The normalized spacial score (nSPS) is 15.0. The SMILES string of the molecule is COc1cc2c(cc1-c1ccc(Oc3ccccc3)cc1)CC(CCC(=O)O)C(=O)N2. The Labute approximate surface area is 180 Å². The highest BCUT2D eigenvalue weighted by molar-refractivity contribution is 5.97. The molecule has 0 radical (unpaired) electrons. The molecule has 0 aromatic heterocycles. The molecule has 3 aromatic rings. The number of carboxylic acids is 1. The van der Waals surface area contributed by atoms with Crippen LogP contribution in [0.1, 0.15) is 18.4 Å². The van der Waals surface area contributed by atoms with Gasteiger partial charge in [-0.1, -0.05) is 30.3 Å². The van der Waals surface area contributed by atoms with E-state index < -0.39 is 5.97 Å². The molecule has 3 aromatic carbocycles. The average molecular weight is 417 g/mol. The first kappa shape index (κ1) is 20.5. The zero-order chi connectivity index (χ0) is 21.8. The van der Waals surface area contributed by atoms with E-state index in [0.717, 1.165) is 28.2 Å². The third kappa shape index (κ3) is 4.69. The summed E-state index contributed by atoms with van der Waals surface area (Å²) < 4.78 is 11.4. The van der Waals surface area contributed by atoms with Crippen molar-refractivity contribution in [3.05, 3.63) is 72.3 Å². The number of para-hydroxylation sites is 1. The van der Waals surface area contributed by atoms with Gasteiger partial charge in [0.1, 0.15) is 17.2 Å². The molecule has 6 nitrogen and oxygen atoms in total. The van der Waals surface area contributed by atoms with E-state index in [0.29, 0.717) is 24.3 Å². The van der Waals surface area contributed by atoms with Crippen molar-refractivity contribution in [1.82, 2.24) is 0 Å². The van der Waals surface area contributed by atoms with Crippen molar-refractivity contribution in [3.8, 4) is 28.4 Å². The molecule has 1 aliphatic heterocycles. The minimum atomic E-state index is -0.896. The Hall–Kier alpha value is -3.80. The van der Waals surface area contributed by atoms with E-state index in [2.05, 4.69) is 5.32 Å². The number of carbonyl (C=O) groups is 2. The predicted molar refractivity (Wildman–Crippen MR) is 118 cm³/mol. The molecule has 1 amide bonds. The summed E-state index contributed by atoms with van der Waals surface area (Å²) in [5, 5.41) is 11.8. The zero-order valence-corrected chi connectivity index (χ0v) is 17.1. The maximum atomic E-state index is 12.4. The molecule has 0 spiro atoms. The molecule has 1 aliphatic rings. The fourth-order valence-corrected chi connectivity index (χ4v) is 3.76. The highest BCUT2D eigenvalue weighted by Gasteiger charge is 2.28. The predicted octanol–water partition coefficient (Wildman–Crippen LogP) is 5.13. The van der Waals surface area contributed by atoms with E-state index in [1.807, 2.05) is 66.7 Å². The van der Waals surface area contributed by atoms with Crippen molar-refractivity contribution in [2.45, 2.75) is 19.3 Å². The van der Waals surface area contributed by atoms with Gasteiger partial charge in [0.05, 0.1) is 7.11 Å². The lowest BCUT2D eigenvalue weighted by molar-refractivity contribution is -0.137. The smallest absolute Gasteiger partial charge is 0.303 e. The van der Waals surface area contributed by atoms with Crippen molar-refractivity contribution in [2.75, 3.05) is 12.4 Å². The van der Waals surface area contributed by atoms with Crippen LogP contribution >= 0.6 is 0 Å². The standard InChI is InChI=1S/C25H23NO5/c1-30-23-15-22-18(13-17(25(29)26-22)9-12-24(27)28)14-21(23)16-7-10-20(11-8-16)31-19-5-3-2-4-6-19/h2-8,10-11,14-15,17H,9,12-13H2,1H3,(H,26,29)(H,27,28). The van der Waals surface area contributed by atoms with E-state index in [1.165, 1.54) is 0 Å². The minimum Gasteiger partial charge on any atom is -0.496 e. The van der Waals surface area contributed by atoms with Crippen LogP contribution in [0, 0.1) is 5.92 Å². The number of methoxy groups -OCH3 is 1. The van der Waals surface area contributed by atoms with Crippen LogP contribution in [0.2, 0.25) is 0 Å². The average Bonchev–Trinajstić information content (AvgIpc) is 2.78. The summed E-state index contributed by atoms with van der Waals surface area (Å²) in [6, 6.07) is 21.1. The van der Waals surface area contributed by atoms with Gasteiger partial charge in [0.25, 0.3) is 0 Å². The molecular weight excluding hydrogens is 394 g/mol. The molecule has 0 saturated carbocycles. The second-order valence-electron chi connectivity index (χ2n) is 7.47. The van der Waals surface area contributed by atoms with Gasteiger partial charge in [-0.05, 0) is 54.3 Å². The summed E-state index contributed by atoms with van der Waals surface area (Å²) in [6.07, 6.45) is 0.785. The van der Waals surface area contributed by atoms with E-state index in [-0.39, 0.29) is 18.2 Å². The second-order valence-corrected chi connectivity index (χ2v) is 7.47. The van der Waals surface area contributed by atoms with Crippen LogP contribution in [0.5, 0.6) is 17.2 Å². The zero-order valence-electron chi connectivity index (χ0n) is 17.1. The fourth-order valence-electron chi connectivity index (χ4n) is 3.76. The largest absolute Gasteiger partial charge is 0.496 e. The van der Waals surface area contributed by atoms with Crippen LogP contribution in [0.25, 0.3) is 11.1 Å². The number of fused-ring (bicyclic) bond motifs is 1. The molecule has 0 fully saturated rings. The minimum absolute atomic E-state index is 0.0285. The molecule has 31 heavy (non-hydrogen) atoms. The van der Waals surface area contributed by atoms with Crippen LogP contribution in [-0.4, -0.2) is 24.1 Å². The van der Waals surface area contributed by atoms with Gasteiger partial charge < -0.3 is 19.9 Å². The Morgan fingerprint density at radius 3 is 2.45 bits per heavy atom. The quantitative estimate of drug-likeness (QED) is 0.557. The van der Waals surface area contributed by atoms with Crippen LogP contribution in [0.3, 0.4) is 0 Å². The number of nitrogens with one attached hydrogen (secondary N) is 1. The van der Waals surface area contributed by atoms with Gasteiger partial charge in [0, 0.05) is 29.7 Å². The van der Waals surface area contributed by atoms with Gasteiger partial charge in [-0.3, -0.25) is 9.59 Å². The maximum absolute atomic E-state index is 12.4. The maximum Gasteiger partial charge on any atom is 0.303 e. The van der Waals surface area contributed by atoms with Crippen LogP contribution in [0.15, 0.2) is 66.7 Å². The van der Waals surface area contributed by atoms with Gasteiger partial charge >= 0.3 is 5.97 Å². The van der Waals surface area contributed by atoms with Gasteiger partial charge in [-0.2, -0.15) is 0 Å². The number of rotatable bonds is 7. The van der Waals surface area contributed by atoms with Gasteiger partial charge in [0.15, 0.2) is 0 Å². The monoisotopic (exact) mass is 417 g/mol. The van der Waals surface area contributed by atoms with E-state index >= 15 is 0 Å². The number of hydrogen-bond acceptors (Lipinski definition) is 4. The molecular formula is C25H23NO5. The number of aliphatic carboxylic acids is 1. The number of hydrogen-bond donors (Lipinski definition) is 2. The topological polar surface area (TPSA) is 84.9 Å². The fraction of sp³-hybridized carbons (Fsp3) is 0.200. The summed E-state index contributed by atoms with van der Waals surface area (Å²) in [4.78, 5) is 23.3. The molecule has 158 valence electrons. The molecule has 6 heteroatoms. The third-order valence-corrected chi connectivity index (χ3v) is 5.37. The van der Waals surface area contributed by atoms with Gasteiger partial charge in [-0.25, -0.2) is 0 Å². The summed E-state index contributed by atoms with van der Waals surface area (Å²) in [5.41, 5.74) is 3.54. The molecule has 4 rings (SSSR count). The Morgan fingerprint density at radius 1 is 1.06 bits per heavy atom. The lowest BCUT2D eigenvalue weighted by atomic mass is 9.87. The molecule has 1 heterocycles. The van der Waals surface area contributed by atoms with Crippen molar-refractivity contribution in [2.24, 2.45) is 5.92 Å². The molecule has 1 unspecified atom stereocenters. The Kier molecular flexibility index (Phi) is 5.89. The van der Waals surface area contributed by atoms with Crippen LogP contribution < -0.4 is 14.8 Å². The van der Waals surface area contributed by atoms with Crippen LogP contribution in [0.4, 0.5) is 5.69 Å². The van der Waals surface area contributed by atoms with Gasteiger partial charge in [0.2, 0.25) is 5.91 Å². The third-order valence-electron chi connectivity index (χ3n) is 5.37. The Balaban J connectivity index is 1.59. The highest BCUT2D eigenvalue weighted by atomic mass is 16.5. The number of anilines is 1. The number of carboxylic acid groups (broad SMARTS) is 1. The Morgan fingerprint density at radius 2 is 1.77 bits per heavy atom. The summed E-state index contributed by atoms with van der Waals surface area (Å²) in [6.45, 7) is 0. The van der Waals surface area contributed by atoms with E-state index in [4.69, 9.17) is 14.6 Å². The number of ether oxygens (including phenoxy) is 2. The van der Waals surface area contributed by atoms with Crippen LogP contribution in [-0.2, 0) is 16.0 Å². The van der Waals surface area contributed by atoms with Crippen molar-refractivity contribution in [1.29, 1.82) is 0 Å². The number of amides is 1. The molecule has 0 saturated heterocycles. The van der Waals surface area contributed by atoms with E-state index in [9.17, 15) is 9.59 Å².